The summed E-state index contributed by atoms with van der Waals surface area (Å²) in [6, 6.07) is 4.74. The molecule has 1 atom stereocenters. The van der Waals surface area contributed by atoms with Gasteiger partial charge < -0.3 is 16.2 Å². The van der Waals surface area contributed by atoms with E-state index in [1.54, 1.807) is 12.1 Å². The van der Waals surface area contributed by atoms with Gasteiger partial charge in [0.25, 0.3) is 0 Å². The zero-order valence-corrected chi connectivity index (χ0v) is 14.0. The summed E-state index contributed by atoms with van der Waals surface area (Å²) >= 11 is 3.27. The van der Waals surface area contributed by atoms with Gasteiger partial charge in [0.05, 0.1) is 17.2 Å². The number of nitrogens with two attached hydrogens (primary N) is 1. The predicted octanol–water partition coefficient (Wildman–Crippen LogP) is 3.10. The minimum absolute atomic E-state index is 0.0368. The van der Waals surface area contributed by atoms with Crippen LogP contribution in [0.4, 0.5) is 5.69 Å². The molecule has 5 nitrogen and oxygen atoms in total. The Kier molecular flexibility index (Phi) is 5.92. The molecule has 1 unspecified atom stereocenters. The number of carbonyl (C=O) groups excluding carboxylic acids is 1. The largest absolute Gasteiger partial charge is 0.478 e. The lowest BCUT2D eigenvalue weighted by Gasteiger charge is -2.24. The highest BCUT2D eigenvalue weighted by Crippen LogP contribution is 2.29. The minimum Gasteiger partial charge on any atom is -0.478 e. The van der Waals surface area contributed by atoms with Gasteiger partial charge in [0, 0.05) is 11.0 Å². The first kappa shape index (κ1) is 17.7. The SMILES string of the molecule is CC(C)(C)CC(CN)C(=O)Nc1c(Br)cccc1C(=O)O. The number of anilines is 1. The molecule has 0 aliphatic rings. The van der Waals surface area contributed by atoms with Crippen LogP contribution in [0.5, 0.6) is 0 Å². The number of halogens is 1. The summed E-state index contributed by atoms with van der Waals surface area (Å²) in [4.78, 5) is 23.6. The van der Waals surface area contributed by atoms with Crippen LogP contribution < -0.4 is 11.1 Å². The number of benzene rings is 1. The van der Waals surface area contributed by atoms with Crippen LogP contribution in [-0.2, 0) is 4.79 Å². The van der Waals surface area contributed by atoms with Crippen LogP contribution in [-0.4, -0.2) is 23.5 Å². The van der Waals surface area contributed by atoms with Gasteiger partial charge in [-0.3, -0.25) is 4.79 Å². The molecule has 0 saturated heterocycles. The Bertz CT molecular complexity index is 538. The van der Waals surface area contributed by atoms with Gasteiger partial charge in [-0.2, -0.15) is 0 Å². The van der Waals surface area contributed by atoms with E-state index >= 15 is 0 Å². The Labute approximate surface area is 133 Å². The fourth-order valence-corrected chi connectivity index (χ4v) is 2.54. The molecule has 6 heteroatoms. The average Bonchev–Trinajstić information content (AvgIpc) is 2.36. The second kappa shape index (κ2) is 7.04. The fourth-order valence-electron chi connectivity index (χ4n) is 2.08. The van der Waals surface area contributed by atoms with E-state index in [-0.39, 0.29) is 35.0 Å². The van der Waals surface area contributed by atoms with Crippen molar-refractivity contribution in [2.24, 2.45) is 17.1 Å². The van der Waals surface area contributed by atoms with Crippen molar-refractivity contribution in [1.29, 1.82) is 0 Å². The molecule has 0 radical (unpaired) electrons. The Morgan fingerprint density at radius 2 is 2.00 bits per heavy atom. The molecule has 4 N–H and O–H groups in total. The van der Waals surface area contributed by atoms with E-state index in [0.717, 1.165) is 0 Å². The van der Waals surface area contributed by atoms with Crippen LogP contribution in [0, 0.1) is 11.3 Å². The zero-order valence-electron chi connectivity index (χ0n) is 12.4. The van der Waals surface area contributed by atoms with Gasteiger partial charge in [-0.25, -0.2) is 4.79 Å². The number of carbonyl (C=O) groups is 2. The molecule has 0 aromatic heterocycles. The Morgan fingerprint density at radius 3 is 2.48 bits per heavy atom. The summed E-state index contributed by atoms with van der Waals surface area (Å²) in [6.07, 6.45) is 0.627. The van der Waals surface area contributed by atoms with E-state index in [9.17, 15) is 14.7 Å². The minimum atomic E-state index is -1.09. The van der Waals surface area contributed by atoms with Crippen molar-refractivity contribution in [2.45, 2.75) is 27.2 Å². The van der Waals surface area contributed by atoms with Crippen LogP contribution in [0.1, 0.15) is 37.6 Å². The Morgan fingerprint density at radius 1 is 1.38 bits per heavy atom. The molecule has 1 aromatic rings. The lowest BCUT2D eigenvalue weighted by atomic mass is 9.84. The number of carboxylic acid groups (broad SMARTS) is 1. The third kappa shape index (κ3) is 5.13. The molecular weight excluding hydrogens is 336 g/mol. The second-order valence-electron chi connectivity index (χ2n) is 6.15. The molecule has 0 spiro atoms. The molecule has 0 heterocycles. The number of aromatic carboxylic acids is 1. The molecule has 1 rings (SSSR count). The van der Waals surface area contributed by atoms with Gasteiger partial charge >= 0.3 is 5.97 Å². The van der Waals surface area contributed by atoms with Gasteiger partial charge in [0.15, 0.2) is 0 Å². The van der Waals surface area contributed by atoms with Crippen molar-refractivity contribution >= 4 is 33.5 Å². The summed E-state index contributed by atoms with van der Waals surface area (Å²) in [6.45, 7) is 6.31. The lowest BCUT2D eigenvalue weighted by molar-refractivity contribution is -0.120. The maximum atomic E-state index is 12.3. The predicted molar refractivity (Wildman–Crippen MR) is 86.3 cm³/mol. The molecule has 0 aliphatic carbocycles. The van der Waals surface area contributed by atoms with E-state index in [4.69, 9.17) is 5.73 Å². The molecule has 1 aromatic carbocycles. The molecule has 0 bridgehead atoms. The summed E-state index contributed by atoms with van der Waals surface area (Å²) < 4.78 is 0.530. The second-order valence-corrected chi connectivity index (χ2v) is 7.01. The van der Waals surface area contributed by atoms with Gasteiger partial charge in [-0.15, -0.1) is 0 Å². The summed E-state index contributed by atoms with van der Waals surface area (Å²) in [5.41, 5.74) is 5.96. The summed E-state index contributed by atoms with van der Waals surface area (Å²) in [5, 5.41) is 11.9. The lowest BCUT2D eigenvalue weighted by Crippen LogP contribution is -2.33. The van der Waals surface area contributed by atoms with Crippen LogP contribution in [0.15, 0.2) is 22.7 Å². The normalized spacial score (nSPS) is 12.8. The fraction of sp³-hybridized carbons (Fsp3) is 0.467. The molecule has 0 saturated carbocycles. The first-order valence-corrected chi connectivity index (χ1v) is 7.47. The molecule has 1 amide bonds. The van der Waals surface area contributed by atoms with Crippen molar-refractivity contribution in [3.05, 3.63) is 28.2 Å². The monoisotopic (exact) mass is 356 g/mol. The zero-order chi connectivity index (χ0) is 16.2. The smallest absolute Gasteiger partial charge is 0.337 e. The molecule has 0 fully saturated rings. The highest BCUT2D eigenvalue weighted by atomic mass is 79.9. The van der Waals surface area contributed by atoms with Crippen LogP contribution >= 0.6 is 15.9 Å². The Hall–Kier alpha value is -1.40. The van der Waals surface area contributed by atoms with E-state index < -0.39 is 5.97 Å². The topological polar surface area (TPSA) is 92.4 Å². The molecular formula is C15H21BrN2O3. The van der Waals surface area contributed by atoms with E-state index in [1.165, 1.54) is 6.07 Å². The first-order chi connectivity index (χ1) is 9.65. The van der Waals surface area contributed by atoms with Crippen LogP contribution in [0.3, 0.4) is 0 Å². The van der Waals surface area contributed by atoms with Gasteiger partial charge in [0.2, 0.25) is 5.91 Å². The number of para-hydroxylation sites is 1. The summed E-state index contributed by atoms with van der Waals surface area (Å²) in [7, 11) is 0. The van der Waals surface area contributed by atoms with Crippen molar-refractivity contribution in [3.8, 4) is 0 Å². The average molecular weight is 357 g/mol. The van der Waals surface area contributed by atoms with Crippen molar-refractivity contribution < 1.29 is 14.7 Å². The third-order valence-corrected chi connectivity index (χ3v) is 3.67. The van der Waals surface area contributed by atoms with E-state index in [0.29, 0.717) is 10.9 Å². The number of nitrogens with one attached hydrogen (secondary N) is 1. The van der Waals surface area contributed by atoms with Gasteiger partial charge in [-0.1, -0.05) is 26.8 Å². The third-order valence-electron chi connectivity index (χ3n) is 3.01. The van der Waals surface area contributed by atoms with E-state index in [2.05, 4.69) is 21.2 Å². The number of amides is 1. The molecule has 116 valence electrons. The Balaban J connectivity index is 3.00. The van der Waals surface area contributed by atoms with Crippen LogP contribution in [0.25, 0.3) is 0 Å². The first-order valence-electron chi connectivity index (χ1n) is 6.68. The number of hydrogen-bond acceptors (Lipinski definition) is 3. The van der Waals surface area contributed by atoms with Crippen molar-refractivity contribution in [2.75, 3.05) is 11.9 Å². The quantitative estimate of drug-likeness (QED) is 0.755. The highest BCUT2D eigenvalue weighted by molar-refractivity contribution is 9.10. The standard InChI is InChI=1S/C15H21BrN2O3/c1-15(2,3)7-9(8-17)13(19)18-12-10(14(20)21)5-4-6-11(12)16/h4-6,9H,7-8,17H2,1-3H3,(H,18,19)(H,20,21). The van der Waals surface area contributed by atoms with Crippen LogP contribution in [0.2, 0.25) is 0 Å². The van der Waals surface area contributed by atoms with Crippen molar-refractivity contribution in [3.63, 3.8) is 0 Å². The summed E-state index contributed by atoms with van der Waals surface area (Å²) in [5.74, 6) is -1.72. The highest BCUT2D eigenvalue weighted by Gasteiger charge is 2.25. The van der Waals surface area contributed by atoms with Gasteiger partial charge in [-0.05, 0) is 39.9 Å². The number of hydrogen-bond donors (Lipinski definition) is 3. The van der Waals surface area contributed by atoms with E-state index in [1.807, 2.05) is 20.8 Å². The van der Waals surface area contributed by atoms with Crippen molar-refractivity contribution in [1.82, 2.24) is 0 Å². The number of carboxylic acids is 1. The molecule has 21 heavy (non-hydrogen) atoms. The maximum Gasteiger partial charge on any atom is 0.337 e. The maximum absolute atomic E-state index is 12.3. The van der Waals surface area contributed by atoms with Gasteiger partial charge in [0.1, 0.15) is 0 Å². The molecule has 0 aliphatic heterocycles. The number of rotatable bonds is 5.